The molecule has 0 saturated heterocycles. The summed E-state index contributed by atoms with van der Waals surface area (Å²) in [6.07, 6.45) is 0.931. The summed E-state index contributed by atoms with van der Waals surface area (Å²) in [5.74, 6) is 0.648. The van der Waals surface area contributed by atoms with Crippen LogP contribution in [0.25, 0.3) is 0 Å². The molecule has 3 nitrogen and oxygen atoms in total. The van der Waals surface area contributed by atoms with Crippen LogP contribution in [0.15, 0.2) is 0 Å². The largest absolute Gasteiger partial charge is 4.00 e. The zero-order valence-corrected chi connectivity index (χ0v) is 8.29. The monoisotopic (exact) mass is 212 g/mol. The van der Waals surface area contributed by atoms with Crippen LogP contribution in [0.4, 0.5) is 0 Å². The predicted molar refractivity (Wildman–Crippen MR) is 30.4 cm³/mol. The van der Waals surface area contributed by atoms with Gasteiger partial charge in [0, 0.05) is 6.61 Å². The third-order valence-corrected chi connectivity index (χ3v) is 0.706. The van der Waals surface area contributed by atoms with Gasteiger partial charge in [-0.05, 0) is 12.3 Å². The van der Waals surface area contributed by atoms with E-state index in [0.717, 1.165) is 6.42 Å². The summed E-state index contributed by atoms with van der Waals surface area (Å²) < 4.78 is 0. The molecular formula is C5H14O3Zr+2. The Bertz CT molecular complexity index is 33.4. The fourth-order valence-corrected chi connectivity index (χ4v) is 0.258. The van der Waals surface area contributed by atoms with Crippen LogP contribution in [-0.2, 0) is 26.2 Å². The molecule has 0 heterocycles. The van der Waals surface area contributed by atoms with Crippen LogP contribution < -0.4 is 0 Å². The van der Waals surface area contributed by atoms with Crippen molar-refractivity contribution in [2.24, 2.45) is 5.92 Å². The standard InChI is InChI=1S/C5H12O.2H2O.Zr/c1-5(2)3-4-6;;;/h5-6H,3-4H2,1-2H3;2*1H2;/q;;;+4/p-2. The summed E-state index contributed by atoms with van der Waals surface area (Å²) in [5.41, 5.74) is 0. The van der Waals surface area contributed by atoms with Gasteiger partial charge in [0.2, 0.25) is 0 Å². The molecule has 0 aliphatic rings. The van der Waals surface area contributed by atoms with Crippen molar-refractivity contribution in [1.29, 1.82) is 0 Å². The van der Waals surface area contributed by atoms with Gasteiger partial charge in [-0.1, -0.05) is 13.8 Å². The third kappa shape index (κ3) is 28.3. The Morgan fingerprint density at radius 1 is 1.22 bits per heavy atom. The van der Waals surface area contributed by atoms with Gasteiger partial charge in [-0.3, -0.25) is 0 Å². The first-order valence-corrected chi connectivity index (χ1v) is 2.38. The van der Waals surface area contributed by atoms with Crippen LogP contribution >= 0.6 is 0 Å². The summed E-state index contributed by atoms with van der Waals surface area (Å²) >= 11 is 0. The molecule has 4 heteroatoms. The molecule has 0 aromatic carbocycles. The number of aliphatic hydroxyl groups excluding tert-OH is 1. The summed E-state index contributed by atoms with van der Waals surface area (Å²) in [5, 5.41) is 8.24. The molecule has 0 bridgehead atoms. The van der Waals surface area contributed by atoms with Gasteiger partial charge in [0.05, 0.1) is 0 Å². The Morgan fingerprint density at radius 3 is 1.56 bits per heavy atom. The van der Waals surface area contributed by atoms with Gasteiger partial charge < -0.3 is 16.1 Å². The number of aliphatic hydroxyl groups is 1. The van der Waals surface area contributed by atoms with Gasteiger partial charge in [-0.25, -0.2) is 0 Å². The summed E-state index contributed by atoms with van der Waals surface area (Å²) in [7, 11) is 0. The quantitative estimate of drug-likeness (QED) is 0.732. The normalized spacial score (nSPS) is 6.67. The molecule has 0 saturated carbocycles. The van der Waals surface area contributed by atoms with Crippen molar-refractivity contribution in [3.8, 4) is 0 Å². The molecular weight excluding hydrogens is 199 g/mol. The molecule has 3 N–H and O–H groups in total. The minimum absolute atomic E-state index is 0. The first kappa shape index (κ1) is 22.6. The molecule has 0 aromatic rings. The van der Waals surface area contributed by atoms with Gasteiger partial charge in [-0.2, -0.15) is 0 Å². The van der Waals surface area contributed by atoms with Crippen molar-refractivity contribution < 1.29 is 42.3 Å². The maximum atomic E-state index is 8.24. The van der Waals surface area contributed by atoms with E-state index in [-0.39, 0.29) is 37.2 Å². The minimum atomic E-state index is 0. The molecule has 0 fully saturated rings. The van der Waals surface area contributed by atoms with Crippen molar-refractivity contribution in [3.05, 3.63) is 0 Å². The van der Waals surface area contributed by atoms with Gasteiger partial charge >= 0.3 is 26.2 Å². The SMILES string of the molecule is CC(C)CCO.[OH-].[OH-].[Zr+4]. The van der Waals surface area contributed by atoms with E-state index in [2.05, 4.69) is 13.8 Å². The zero-order chi connectivity index (χ0) is 4.99. The first-order chi connectivity index (χ1) is 2.77. The average Bonchev–Trinajstić information content (AvgIpc) is 1.35. The second kappa shape index (κ2) is 15.9. The summed E-state index contributed by atoms with van der Waals surface area (Å²) in [6.45, 7) is 4.52. The maximum Gasteiger partial charge on any atom is 4.00 e. The predicted octanol–water partition coefficient (Wildman–Crippen LogP) is 0.669. The second-order valence-electron chi connectivity index (χ2n) is 1.91. The number of hydrogen-bond acceptors (Lipinski definition) is 3. The molecule has 54 valence electrons. The molecule has 0 aliphatic heterocycles. The van der Waals surface area contributed by atoms with E-state index in [1.54, 1.807) is 0 Å². The third-order valence-electron chi connectivity index (χ3n) is 0.706. The molecule has 0 atom stereocenters. The molecule has 0 radical (unpaired) electrons. The fourth-order valence-electron chi connectivity index (χ4n) is 0.258. The van der Waals surface area contributed by atoms with Crippen LogP contribution in [0.3, 0.4) is 0 Å². The summed E-state index contributed by atoms with van der Waals surface area (Å²) in [4.78, 5) is 0. The van der Waals surface area contributed by atoms with Gasteiger partial charge in [0.15, 0.2) is 0 Å². The minimum Gasteiger partial charge on any atom is -0.870 e. The van der Waals surface area contributed by atoms with Crippen molar-refractivity contribution in [2.45, 2.75) is 20.3 Å². The second-order valence-corrected chi connectivity index (χ2v) is 1.91. The summed E-state index contributed by atoms with van der Waals surface area (Å²) in [6, 6.07) is 0. The smallest absolute Gasteiger partial charge is 0.870 e. The molecule has 9 heavy (non-hydrogen) atoms. The van der Waals surface area contributed by atoms with Crippen molar-refractivity contribution in [1.82, 2.24) is 0 Å². The van der Waals surface area contributed by atoms with E-state index in [0.29, 0.717) is 12.5 Å². The van der Waals surface area contributed by atoms with Gasteiger partial charge in [-0.15, -0.1) is 0 Å². The van der Waals surface area contributed by atoms with E-state index in [1.165, 1.54) is 0 Å². The van der Waals surface area contributed by atoms with Gasteiger partial charge in [0.25, 0.3) is 0 Å². The maximum absolute atomic E-state index is 8.24. The van der Waals surface area contributed by atoms with E-state index in [1.807, 2.05) is 0 Å². The Hall–Kier alpha value is 0.763. The van der Waals surface area contributed by atoms with E-state index >= 15 is 0 Å². The van der Waals surface area contributed by atoms with Gasteiger partial charge in [0.1, 0.15) is 0 Å². The fraction of sp³-hybridized carbons (Fsp3) is 1.00. The molecule has 0 rings (SSSR count). The molecule has 0 amide bonds. The Labute approximate surface area is 75.2 Å². The van der Waals surface area contributed by atoms with E-state index in [4.69, 9.17) is 5.11 Å². The molecule has 0 spiro atoms. The topological polar surface area (TPSA) is 80.2 Å². The Morgan fingerprint density at radius 2 is 1.56 bits per heavy atom. The van der Waals surface area contributed by atoms with Crippen LogP contribution in [0.1, 0.15) is 20.3 Å². The molecule has 0 aromatic heterocycles. The van der Waals surface area contributed by atoms with Crippen LogP contribution in [0.2, 0.25) is 0 Å². The van der Waals surface area contributed by atoms with Crippen LogP contribution in [0.5, 0.6) is 0 Å². The van der Waals surface area contributed by atoms with Crippen molar-refractivity contribution >= 4 is 0 Å². The van der Waals surface area contributed by atoms with Crippen molar-refractivity contribution in [2.75, 3.05) is 6.61 Å². The van der Waals surface area contributed by atoms with Crippen LogP contribution in [0, 0.1) is 5.92 Å². The Balaban J connectivity index is -0.0000000417. The van der Waals surface area contributed by atoms with Crippen LogP contribution in [-0.4, -0.2) is 22.7 Å². The first-order valence-electron chi connectivity index (χ1n) is 2.38. The number of hydrogen-bond donors (Lipinski definition) is 1. The van der Waals surface area contributed by atoms with E-state index < -0.39 is 0 Å². The molecule has 0 unspecified atom stereocenters. The zero-order valence-electron chi connectivity index (χ0n) is 5.83. The van der Waals surface area contributed by atoms with E-state index in [9.17, 15) is 0 Å². The Kier molecular flexibility index (Phi) is 39.9. The molecule has 0 aliphatic carbocycles. The van der Waals surface area contributed by atoms with Crippen molar-refractivity contribution in [3.63, 3.8) is 0 Å². The number of rotatable bonds is 2. The average molecular weight is 213 g/mol.